The number of rotatable bonds is 9. The fraction of sp³-hybridized carbons (Fsp3) is 0.200. The minimum absolute atomic E-state index is 0.0609. The Balaban J connectivity index is 1.36. The molecule has 0 spiro atoms. The molecule has 1 atom stereocenters. The van der Waals surface area contributed by atoms with E-state index in [-0.39, 0.29) is 5.91 Å². The van der Waals surface area contributed by atoms with E-state index in [0.717, 1.165) is 17.1 Å². The standard InChI is InChI=1S/C25H26N4OS/c1-20(21-10-4-2-5-11-21)16-26-24(30)19-31-18-22-17-27-29(23-12-6-3-7-13-23)25(22)28-14-8-9-15-28/h2-15,17,20H,16,18-19H2,1H3,(H,26,30)/t20-/m0/s1. The molecule has 2 aromatic heterocycles. The molecule has 1 amide bonds. The third kappa shape index (κ3) is 5.27. The van der Waals surface area contributed by atoms with Crippen LogP contribution in [0, 0.1) is 0 Å². The van der Waals surface area contributed by atoms with Gasteiger partial charge in [-0.2, -0.15) is 5.10 Å². The molecular formula is C25H26N4OS. The predicted molar refractivity (Wildman–Crippen MR) is 127 cm³/mol. The van der Waals surface area contributed by atoms with Gasteiger partial charge in [-0.25, -0.2) is 4.68 Å². The second-order valence-electron chi connectivity index (χ2n) is 7.44. The Bertz CT molecular complexity index is 1090. The molecule has 5 nitrogen and oxygen atoms in total. The fourth-order valence-electron chi connectivity index (χ4n) is 3.46. The first kappa shape index (κ1) is 21.0. The summed E-state index contributed by atoms with van der Waals surface area (Å²) in [5, 5.41) is 7.67. The number of nitrogens with zero attached hydrogens (tertiary/aromatic N) is 3. The molecule has 31 heavy (non-hydrogen) atoms. The highest BCUT2D eigenvalue weighted by Crippen LogP contribution is 2.23. The highest BCUT2D eigenvalue weighted by atomic mass is 32.2. The first-order valence-corrected chi connectivity index (χ1v) is 11.5. The smallest absolute Gasteiger partial charge is 0.230 e. The number of aromatic nitrogens is 3. The minimum Gasteiger partial charge on any atom is -0.355 e. The Kier molecular flexibility index (Phi) is 6.89. The minimum atomic E-state index is 0.0609. The van der Waals surface area contributed by atoms with Crippen LogP contribution in [0.25, 0.3) is 11.5 Å². The van der Waals surface area contributed by atoms with E-state index in [9.17, 15) is 4.79 Å². The normalized spacial score (nSPS) is 11.9. The lowest BCUT2D eigenvalue weighted by atomic mass is 10.0. The monoisotopic (exact) mass is 430 g/mol. The van der Waals surface area contributed by atoms with E-state index in [1.54, 1.807) is 11.8 Å². The van der Waals surface area contributed by atoms with Gasteiger partial charge in [0.15, 0.2) is 0 Å². The highest BCUT2D eigenvalue weighted by molar-refractivity contribution is 7.99. The largest absolute Gasteiger partial charge is 0.355 e. The number of carbonyl (C=O) groups excluding carboxylic acids is 1. The first-order chi connectivity index (χ1) is 15.2. The molecule has 158 valence electrons. The number of hydrogen-bond donors (Lipinski definition) is 1. The molecule has 6 heteroatoms. The Morgan fingerprint density at radius 1 is 1.00 bits per heavy atom. The lowest BCUT2D eigenvalue weighted by molar-refractivity contribution is -0.118. The number of thioether (sulfide) groups is 1. The Hall–Kier alpha value is -3.25. The van der Waals surface area contributed by atoms with Crippen molar-refractivity contribution in [2.45, 2.75) is 18.6 Å². The van der Waals surface area contributed by atoms with Crippen molar-refractivity contribution < 1.29 is 4.79 Å². The van der Waals surface area contributed by atoms with Crippen LogP contribution < -0.4 is 5.32 Å². The van der Waals surface area contributed by atoms with E-state index < -0.39 is 0 Å². The molecule has 4 rings (SSSR count). The Morgan fingerprint density at radius 3 is 2.39 bits per heavy atom. The fourth-order valence-corrected chi connectivity index (χ4v) is 4.27. The maximum Gasteiger partial charge on any atom is 0.230 e. The third-order valence-electron chi connectivity index (χ3n) is 5.13. The first-order valence-electron chi connectivity index (χ1n) is 10.4. The number of hydrogen-bond acceptors (Lipinski definition) is 3. The second-order valence-corrected chi connectivity index (χ2v) is 8.43. The van der Waals surface area contributed by atoms with Crippen molar-refractivity contribution >= 4 is 17.7 Å². The molecule has 0 fully saturated rings. The molecule has 0 saturated carbocycles. The van der Waals surface area contributed by atoms with Crippen molar-refractivity contribution in [2.75, 3.05) is 12.3 Å². The predicted octanol–water partition coefficient (Wildman–Crippen LogP) is 4.82. The summed E-state index contributed by atoms with van der Waals surface area (Å²) in [5.74, 6) is 2.48. The molecule has 0 bridgehead atoms. The molecule has 4 aromatic rings. The van der Waals surface area contributed by atoms with E-state index >= 15 is 0 Å². The Labute approximate surface area is 187 Å². The molecule has 1 N–H and O–H groups in total. The number of para-hydroxylation sites is 1. The van der Waals surface area contributed by atoms with Gasteiger partial charge in [0.05, 0.1) is 17.6 Å². The summed E-state index contributed by atoms with van der Waals surface area (Å²) < 4.78 is 4.01. The van der Waals surface area contributed by atoms with Crippen LogP contribution in [-0.4, -0.2) is 32.6 Å². The number of carbonyl (C=O) groups is 1. The van der Waals surface area contributed by atoms with Gasteiger partial charge in [0.1, 0.15) is 5.82 Å². The zero-order chi connectivity index (χ0) is 21.5. The number of benzene rings is 2. The third-order valence-corrected chi connectivity index (χ3v) is 6.11. The topological polar surface area (TPSA) is 51.9 Å². The average molecular weight is 431 g/mol. The van der Waals surface area contributed by atoms with Gasteiger partial charge in [-0.05, 0) is 35.7 Å². The van der Waals surface area contributed by atoms with Gasteiger partial charge in [0.25, 0.3) is 0 Å². The van der Waals surface area contributed by atoms with E-state index in [0.29, 0.717) is 24.0 Å². The van der Waals surface area contributed by atoms with Crippen molar-refractivity contribution in [3.8, 4) is 11.5 Å². The van der Waals surface area contributed by atoms with E-state index in [1.807, 2.05) is 83.9 Å². The van der Waals surface area contributed by atoms with Crippen molar-refractivity contribution in [1.82, 2.24) is 19.7 Å². The van der Waals surface area contributed by atoms with Crippen LogP contribution >= 0.6 is 11.8 Å². The van der Waals surface area contributed by atoms with E-state index in [4.69, 9.17) is 0 Å². The van der Waals surface area contributed by atoms with Gasteiger partial charge in [-0.3, -0.25) is 4.79 Å². The number of amides is 1. The van der Waals surface area contributed by atoms with Gasteiger partial charge in [-0.1, -0.05) is 55.5 Å². The molecule has 0 radical (unpaired) electrons. The van der Waals surface area contributed by atoms with Gasteiger partial charge in [-0.15, -0.1) is 11.8 Å². The molecular weight excluding hydrogens is 404 g/mol. The van der Waals surface area contributed by atoms with Crippen LogP contribution in [0.1, 0.15) is 24.0 Å². The maximum atomic E-state index is 12.4. The van der Waals surface area contributed by atoms with Crippen molar-refractivity contribution in [1.29, 1.82) is 0 Å². The van der Waals surface area contributed by atoms with E-state index in [2.05, 4.69) is 34.0 Å². The maximum absolute atomic E-state index is 12.4. The van der Waals surface area contributed by atoms with Crippen LogP contribution in [0.2, 0.25) is 0 Å². The summed E-state index contributed by atoms with van der Waals surface area (Å²) in [7, 11) is 0. The lowest BCUT2D eigenvalue weighted by Gasteiger charge is -2.13. The van der Waals surface area contributed by atoms with Gasteiger partial charge in [0.2, 0.25) is 5.91 Å². The molecule has 2 aromatic carbocycles. The summed E-state index contributed by atoms with van der Waals surface area (Å²) in [4.78, 5) is 12.4. The van der Waals surface area contributed by atoms with Gasteiger partial charge in [0, 0.05) is 30.3 Å². The summed E-state index contributed by atoms with van der Waals surface area (Å²) in [6.45, 7) is 2.77. The van der Waals surface area contributed by atoms with Crippen LogP contribution in [-0.2, 0) is 10.5 Å². The molecule has 0 unspecified atom stereocenters. The Morgan fingerprint density at radius 2 is 1.68 bits per heavy atom. The van der Waals surface area contributed by atoms with Crippen LogP contribution in [0.3, 0.4) is 0 Å². The SMILES string of the molecule is C[C@@H](CNC(=O)CSCc1cnn(-c2ccccc2)c1-n1cccc1)c1ccccc1. The highest BCUT2D eigenvalue weighted by Gasteiger charge is 2.15. The van der Waals surface area contributed by atoms with Crippen molar-refractivity contribution in [2.24, 2.45) is 0 Å². The zero-order valence-electron chi connectivity index (χ0n) is 17.5. The second kappa shape index (κ2) is 10.2. The molecule has 0 saturated heterocycles. The van der Waals surface area contributed by atoms with Crippen LogP contribution in [0.4, 0.5) is 0 Å². The summed E-state index contributed by atoms with van der Waals surface area (Å²) >= 11 is 1.60. The number of nitrogens with one attached hydrogen (secondary N) is 1. The summed E-state index contributed by atoms with van der Waals surface area (Å²) in [6.07, 6.45) is 5.93. The average Bonchev–Trinajstić information content (AvgIpc) is 3.48. The van der Waals surface area contributed by atoms with Crippen molar-refractivity contribution in [3.63, 3.8) is 0 Å². The van der Waals surface area contributed by atoms with Gasteiger partial charge >= 0.3 is 0 Å². The zero-order valence-corrected chi connectivity index (χ0v) is 18.3. The van der Waals surface area contributed by atoms with E-state index in [1.165, 1.54) is 5.56 Å². The quantitative estimate of drug-likeness (QED) is 0.414. The molecule has 2 heterocycles. The van der Waals surface area contributed by atoms with Gasteiger partial charge < -0.3 is 9.88 Å². The lowest BCUT2D eigenvalue weighted by Crippen LogP contribution is -2.29. The summed E-state index contributed by atoms with van der Waals surface area (Å²) in [5.41, 5.74) is 3.34. The molecule has 0 aliphatic carbocycles. The van der Waals surface area contributed by atoms with Crippen molar-refractivity contribution in [3.05, 3.63) is 103 Å². The molecule has 0 aliphatic heterocycles. The van der Waals surface area contributed by atoms with Crippen LogP contribution in [0.5, 0.6) is 0 Å². The molecule has 0 aliphatic rings. The summed E-state index contributed by atoms with van der Waals surface area (Å²) in [6, 6.07) is 24.3. The van der Waals surface area contributed by atoms with Crippen LogP contribution in [0.15, 0.2) is 91.4 Å².